The number of nitrogens with one attached hydrogen (secondary N) is 1. The van der Waals surface area contributed by atoms with E-state index < -0.39 is 21.9 Å². The molecule has 0 aliphatic heterocycles. The molecule has 38 heavy (non-hydrogen) atoms. The van der Waals surface area contributed by atoms with Crippen LogP contribution in [0.3, 0.4) is 0 Å². The van der Waals surface area contributed by atoms with Gasteiger partial charge in [-0.2, -0.15) is 0 Å². The number of likely N-dealkylation sites (N-methyl/N-ethyl adjacent to an activating group) is 1. The van der Waals surface area contributed by atoms with Crippen LogP contribution in [0.4, 0.5) is 10.1 Å². The number of para-hydroxylation sites is 1. The molecule has 0 aliphatic carbocycles. The predicted molar refractivity (Wildman–Crippen MR) is 148 cm³/mol. The molecule has 202 valence electrons. The van der Waals surface area contributed by atoms with Crippen LogP contribution in [0.5, 0.6) is 0 Å². The van der Waals surface area contributed by atoms with Gasteiger partial charge in [-0.05, 0) is 36.6 Å². The van der Waals surface area contributed by atoms with Crippen LogP contribution in [0, 0.1) is 12.7 Å². The third-order valence-corrected chi connectivity index (χ3v) is 7.44. The molecule has 0 bridgehead atoms. The van der Waals surface area contributed by atoms with Gasteiger partial charge in [0.2, 0.25) is 21.8 Å². The van der Waals surface area contributed by atoms with E-state index in [-0.39, 0.29) is 43.4 Å². The lowest BCUT2D eigenvalue weighted by atomic mass is 10.0. The van der Waals surface area contributed by atoms with Crippen molar-refractivity contribution in [1.29, 1.82) is 0 Å². The van der Waals surface area contributed by atoms with Crippen LogP contribution in [0.15, 0.2) is 78.9 Å². The van der Waals surface area contributed by atoms with Crippen LogP contribution >= 0.6 is 0 Å². The second kappa shape index (κ2) is 13.2. The summed E-state index contributed by atoms with van der Waals surface area (Å²) in [4.78, 5) is 28.2. The SMILES string of the molecule is CNC(=O)[C@@H](Cc1ccccc1)N(Cc1ccc(C)cc1)C(=O)CCCN(c1ccccc1F)S(C)(=O)=O. The first kappa shape index (κ1) is 28.8. The van der Waals surface area contributed by atoms with Gasteiger partial charge in [-0.3, -0.25) is 13.9 Å². The van der Waals surface area contributed by atoms with Crippen molar-refractivity contribution in [3.05, 3.63) is 101 Å². The average molecular weight is 540 g/mol. The molecule has 0 aromatic heterocycles. The van der Waals surface area contributed by atoms with Gasteiger partial charge in [-0.15, -0.1) is 0 Å². The number of hydrogen-bond acceptors (Lipinski definition) is 4. The molecular formula is C29H34FN3O4S. The van der Waals surface area contributed by atoms with Crippen molar-refractivity contribution in [1.82, 2.24) is 10.2 Å². The van der Waals surface area contributed by atoms with Crippen LogP contribution in [0.2, 0.25) is 0 Å². The number of aryl methyl sites for hydroxylation is 1. The zero-order chi connectivity index (χ0) is 27.7. The van der Waals surface area contributed by atoms with E-state index in [4.69, 9.17) is 0 Å². The lowest BCUT2D eigenvalue weighted by molar-refractivity contribution is -0.141. The van der Waals surface area contributed by atoms with E-state index in [1.165, 1.54) is 25.2 Å². The Kier molecular flexibility index (Phi) is 10.0. The molecule has 3 rings (SSSR count). The Balaban J connectivity index is 1.84. The average Bonchev–Trinajstić information content (AvgIpc) is 2.89. The highest BCUT2D eigenvalue weighted by molar-refractivity contribution is 7.92. The largest absolute Gasteiger partial charge is 0.357 e. The Hall–Kier alpha value is -3.72. The van der Waals surface area contributed by atoms with Crippen LogP contribution in [0.1, 0.15) is 29.5 Å². The number of carbonyl (C=O) groups is 2. The number of sulfonamides is 1. The molecule has 2 amide bonds. The summed E-state index contributed by atoms with van der Waals surface area (Å²) >= 11 is 0. The number of nitrogens with zero attached hydrogens (tertiary/aromatic N) is 2. The number of carbonyl (C=O) groups excluding carboxylic acids is 2. The van der Waals surface area contributed by atoms with Crippen LogP contribution in [-0.4, -0.2) is 51.0 Å². The summed E-state index contributed by atoms with van der Waals surface area (Å²) in [5, 5.41) is 2.68. The molecule has 0 saturated carbocycles. The summed E-state index contributed by atoms with van der Waals surface area (Å²) in [6.45, 7) is 2.11. The fourth-order valence-electron chi connectivity index (χ4n) is 4.25. The van der Waals surface area contributed by atoms with Crippen LogP contribution in [-0.2, 0) is 32.6 Å². The fourth-order valence-corrected chi connectivity index (χ4v) is 5.21. The highest BCUT2D eigenvalue weighted by Crippen LogP contribution is 2.23. The Bertz CT molecular complexity index is 1330. The van der Waals surface area contributed by atoms with E-state index in [9.17, 15) is 22.4 Å². The first-order valence-corrected chi connectivity index (χ1v) is 14.3. The van der Waals surface area contributed by atoms with Crippen molar-refractivity contribution in [3.63, 3.8) is 0 Å². The maximum absolute atomic E-state index is 14.4. The molecular weight excluding hydrogens is 505 g/mol. The van der Waals surface area contributed by atoms with E-state index in [1.807, 2.05) is 61.5 Å². The molecule has 3 aromatic carbocycles. The summed E-state index contributed by atoms with van der Waals surface area (Å²) < 4.78 is 40.2. The van der Waals surface area contributed by atoms with E-state index in [0.29, 0.717) is 6.42 Å². The molecule has 7 nitrogen and oxygen atoms in total. The number of halogens is 1. The van der Waals surface area contributed by atoms with Gasteiger partial charge in [-0.25, -0.2) is 12.8 Å². The van der Waals surface area contributed by atoms with Gasteiger partial charge in [0.05, 0.1) is 11.9 Å². The lowest BCUT2D eigenvalue weighted by Crippen LogP contribution is -2.49. The predicted octanol–water partition coefficient (Wildman–Crippen LogP) is 4.07. The minimum atomic E-state index is -3.78. The van der Waals surface area contributed by atoms with Crippen LogP contribution in [0.25, 0.3) is 0 Å². The summed E-state index contributed by atoms with van der Waals surface area (Å²) in [6.07, 6.45) is 1.46. The zero-order valence-electron chi connectivity index (χ0n) is 21.9. The minimum absolute atomic E-state index is 0.0192. The smallest absolute Gasteiger partial charge is 0.242 e. The highest BCUT2D eigenvalue weighted by atomic mass is 32.2. The van der Waals surface area contributed by atoms with E-state index >= 15 is 0 Å². The van der Waals surface area contributed by atoms with Gasteiger partial charge >= 0.3 is 0 Å². The normalized spacial score (nSPS) is 12.0. The molecule has 1 atom stereocenters. The Labute approximate surface area is 224 Å². The number of anilines is 1. The molecule has 0 fully saturated rings. The second-order valence-electron chi connectivity index (χ2n) is 9.22. The first-order valence-electron chi connectivity index (χ1n) is 12.4. The number of rotatable bonds is 12. The maximum atomic E-state index is 14.4. The van der Waals surface area contributed by atoms with Gasteiger partial charge in [0.25, 0.3) is 0 Å². The summed E-state index contributed by atoms with van der Waals surface area (Å²) in [5.74, 6) is -1.25. The molecule has 0 heterocycles. The standard InChI is InChI=1S/C29H34FN3O4S/c1-22-15-17-24(18-16-22)21-32(27(29(35)31-2)20-23-10-5-4-6-11-23)28(34)14-9-19-33(38(3,36)37)26-13-8-7-12-25(26)30/h4-8,10-13,15-18,27H,9,14,19-21H2,1-3H3,(H,31,35)/t27-/m1/s1. The summed E-state index contributed by atoms with van der Waals surface area (Å²) in [7, 11) is -2.25. The zero-order valence-corrected chi connectivity index (χ0v) is 22.7. The van der Waals surface area contributed by atoms with E-state index in [2.05, 4.69) is 5.32 Å². The summed E-state index contributed by atoms with van der Waals surface area (Å²) in [6, 6.07) is 22.0. The van der Waals surface area contributed by atoms with Crippen molar-refractivity contribution in [3.8, 4) is 0 Å². The topological polar surface area (TPSA) is 86.8 Å². The molecule has 1 N–H and O–H groups in total. The van der Waals surface area contributed by atoms with Crippen molar-refractivity contribution < 1.29 is 22.4 Å². The first-order chi connectivity index (χ1) is 18.1. The van der Waals surface area contributed by atoms with Crippen molar-refractivity contribution in [2.75, 3.05) is 24.2 Å². The van der Waals surface area contributed by atoms with E-state index in [0.717, 1.165) is 27.3 Å². The number of amides is 2. The number of hydrogen-bond donors (Lipinski definition) is 1. The molecule has 0 aliphatic rings. The minimum Gasteiger partial charge on any atom is -0.357 e. The molecule has 3 aromatic rings. The van der Waals surface area contributed by atoms with E-state index in [1.54, 1.807) is 11.0 Å². The highest BCUT2D eigenvalue weighted by Gasteiger charge is 2.30. The molecule has 9 heteroatoms. The van der Waals surface area contributed by atoms with Gasteiger partial charge < -0.3 is 10.2 Å². The number of benzene rings is 3. The van der Waals surface area contributed by atoms with Crippen LogP contribution < -0.4 is 9.62 Å². The van der Waals surface area contributed by atoms with Crippen molar-refractivity contribution >= 4 is 27.5 Å². The Morgan fingerprint density at radius 3 is 2.16 bits per heavy atom. The van der Waals surface area contributed by atoms with Gasteiger partial charge in [0.1, 0.15) is 11.9 Å². The quantitative estimate of drug-likeness (QED) is 0.376. The summed E-state index contributed by atoms with van der Waals surface area (Å²) in [5.41, 5.74) is 2.79. The Morgan fingerprint density at radius 1 is 0.921 bits per heavy atom. The van der Waals surface area contributed by atoms with Crippen molar-refractivity contribution in [2.45, 2.75) is 38.8 Å². The van der Waals surface area contributed by atoms with Gasteiger partial charge in [-0.1, -0.05) is 72.3 Å². The monoisotopic (exact) mass is 539 g/mol. The lowest BCUT2D eigenvalue weighted by Gasteiger charge is -2.31. The maximum Gasteiger partial charge on any atom is 0.242 e. The molecule has 0 spiro atoms. The molecule has 0 unspecified atom stereocenters. The third-order valence-electron chi connectivity index (χ3n) is 6.26. The van der Waals surface area contributed by atoms with Crippen molar-refractivity contribution in [2.24, 2.45) is 0 Å². The molecule has 0 radical (unpaired) electrons. The van der Waals surface area contributed by atoms with Gasteiger partial charge in [0, 0.05) is 33.0 Å². The fraction of sp³-hybridized carbons (Fsp3) is 0.310. The third kappa shape index (κ3) is 7.89. The van der Waals surface area contributed by atoms with Gasteiger partial charge in [0.15, 0.2) is 0 Å². The Morgan fingerprint density at radius 2 is 1.55 bits per heavy atom. The second-order valence-corrected chi connectivity index (χ2v) is 11.1. The molecule has 0 saturated heterocycles.